The number of hydrogen-bond acceptors (Lipinski definition) is 3. The summed E-state index contributed by atoms with van der Waals surface area (Å²) in [4.78, 5) is 15.0. The molecule has 24 heavy (non-hydrogen) atoms. The normalized spacial score (nSPS) is 17.3. The van der Waals surface area contributed by atoms with Gasteiger partial charge in [-0.05, 0) is 18.9 Å². The van der Waals surface area contributed by atoms with Crippen LogP contribution < -0.4 is 0 Å². The van der Waals surface area contributed by atoms with Crippen molar-refractivity contribution in [1.29, 1.82) is 0 Å². The lowest BCUT2D eigenvalue weighted by atomic mass is 10.1. The number of aromatic nitrogens is 4. The second-order valence-electron chi connectivity index (χ2n) is 6.05. The van der Waals surface area contributed by atoms with Crippen molar-refractivity contribution in [2.24, 2.45) is 0 Å². The summed E-state index contributed by atoms with van der Waals surface area (Å²) in [5, 5.41) is 11.3. The molecule has 1 atom stereocenters. The predicted molar refractivity (Wildman–Crippen MR) is 90.3 cm³/mol. The highest BCUT2D eigenvalue weighted by Crippen LogP contribution is 2.26. The van der Waals surface area contributed by atoms with Crippen LogP contribution in [-0.4, -0.2) is 43.4 Å². The van der Waals surface area contributed by atoms with E-state index in [-0.39, 0.29) is 11.9 Å². The lowest BCUT2D eigenvalue weighted by molar-refractivity contribution is 0.0722. The van der Waals surface area contributed by atoms with Crippen molar-refractivity contribution in [3.05, 3.63) is 60.6 Å². The van der Waals surface area contributed by atoms with E-state index < -0.39 is 0 Å². The molecule has 0 unspecified atom stereocenters. The summed E-state index contributed by atoms with van der Waals surface area (Å²) < 4.78 is 1.89. The standard InChI is InChI=1S/C18H19N5O/c24-18(16-12-19-21-17(16)14-6-2-1-3-7-14)23-11-4-8-15(23)13-22-10-5-9-20-22/h1-3,5-7,9-10,12,15H,4,8,11,13H2,(H,19,21)/t15-/m0/s1. The second kappa shape index (κ2) is 6.31. The molecule has 1 aliphatic heterocycles. The van der Waals surface area contributed by atoms with E-state index in [2.05, 4.69) is 15.3 Å². The fraction of sp³-hybridized carbons (Fsp3) is 0.278. The lowest BCUT2D eigenvalue weighted by Gasteiger charge is -2.24. The molecular weight excluding hydrogens is 302 g/mol. The van der Waals surface area contributed by atoms with Gasteiger partial charge in [0.15, 0.2) is 0 Å². The van der Waals surface area contributed by atoms with E-state index in [4.69, 9.17) is 0 Å². The smallest absolute Gasteiger partial charge is 0.258 e. The fourth-order valence-corrected chi connectivity index (χ4v) is 3.35. The molecule has 0 saturated carbocycles. The first kappa shape index (κ1) is 14.7. The third kappa shape index (κ3) is 2.71. The van der Waals surface area contributed by atoms with Crippen molar-refractivity contribution in [2.75, 3.05) is 6.54 Å². The van der Waals surface area contributed by atoms with Crippen LogP contribution in [0.15, 0.2) is 55.0 Å². The Morgan fingerprint density at radius 1 is 1.25 bits per heavy atom. The summed E-state index contributed by atoms with van der Waals surface area (Å²) in [5.41, 5.74) is 2.39. The zero-order chi connectivity index (χ0) is 16.4. The van der Waals surface area contributed by atoms with Crippen molar-refractivity contribution in [1.82, 2.24) is 24.9 Å². The second-order valence-corrected chi connectivity index (χ2v) is 6.05. The molecule has 0 spiro atoms. The molecule has 6 heteroatoms. The third-order valence-corrected chi connectivity index (χ3v) is 4.53. The zero-order valence-electron chi connectivity index (χ0n) is 13.3. The summed E-state index contributed by atoms with van der Waals surface area (Å²) >= 11 is 0. The van der Waals surface area contributed by atoms with Crippen molar-refractivity contribution in [3.63, 3.8) is 0 Å². The molecule has 6 nitrogen and oxygen atoms in total. The lowest BCUT2D eigenvalue weighted by Crippen LogP contribution is -2.38. The van der Waals surface area contributed by atoms with Gasteiger partial charge in [-0.2, -0.15) is 10.2 Å². The number of rotatable bonds is 4. The Bertz CT molecular complexity index is 809. The van der Waals surface area contributed by atoms with Gasteiger partial charge in [-0.3, -0.25) is 14.6 Å². The van der Waals surface area contributed by atoms with Gasteiger partial charge < -0.3 is 4.90 Å². The summed E-state index contributed by atoms with van der Waals surface area (Å²) in [6.45, 7) is 1.52. The van der Waals surface area contributed by atoms with Gasteiger partial charge in [-0.15, -0.1) is 0 Å². The summed E-state index contributed by atoms with van der Waals surface area (Å²) in [5.74, 6) is 0.0391. The van der Waals surface area contributed by atoms with E-state index in [1.165, 1.54) is 0 Å². The predicted octanol–water partition coefficient (Wildman–Crippen LogP) is 2.58. The minimum atomic E-state index is 0.0391. The van der Waals surface area contributed by atoms with E-state index in [0.717, 1.165) is 37.2 Å². The quantitative estimate of drug-likeness (QED) is 0.803. The maximum Gasteiger partial charge on any atom is 0.258 e. The number of hydrogen-bond donors (Lipinski definition) is 1. The van der Waals surface area contributed by atoms with Crippen LogP contribution in [0.2, 0.25) is 0 Å². The van der Waals surface area contributed by atoms with Crippen LogP contribution in [0.1, 0.15) is 23.2 Å². The number of nitrogens with one attached hydrogen (secondary N) is 1. The molecule has 1 N–H and O–H groups in total. The van der Waals surface area contributed by atoms with E-state index in [9.17, 15) is 4.79 Å². The zero-order valence-corrected chi connectivity index (χ0v) is 13.3. The van der Waals surface area contributed by atoms with Crippen molar-refractivity contribution < 1.29 is 4.79 Å². The molecular formula is C18H19N5O. The molecule has 1 amide bonds. The largest absolute Gasteiger partial charge is 0.334 e. The molecule has 0 bridgehead atoms. The molecule has 1 saturated heterocycles. The van der Waals surface area contributed by atoms with Crippen LogP contribution >= 0.6 is 0 Å². The number of likely N-dealkylation sites (tertiary alicyclic amines) is 1. The first-order valence-electron chi connectivity index (χ1n) is 8.20. The Kier molecular flexibility index (Phi) is 3.86. The number of H-pyrrole nitrogens is 1. The number of nitrogens with zero attached hydrogens (tertiary/aromatic N) is 4. The molecule has 3 heterocycles. The number of aromatic amines is 1. The summed E-state index contributed by atoms with van der Waals surface area (Å²) in [6, 6.07) is 11.9. The van der Waals surface area contributed by atoms with Crippen LogP contribution in [0.5, 0.6) is 0 Å². The Morgan fingerprint density at radius 3 is 2.92 bits per heavy atom. The summed E-state index contributed by atoms with van der Waals surface area (Å²) in [6.07, 6.45) is 7.37. The number of benzene rings is 1. The molecule has 1 aliphatic rings. The molecule has 122 valence electrons. The Labute approximate surface area is 140 Å². The van der Waals surface area contributed by atoms with Crippen LogP contribution in [0.4, 0.5) is 0 Å². The Hall–Kier alpha value is -2.89. The van der Waals surface area contributed by atoms with Crippen molar-refractivity contribution in [3.8, 4) is 11.3 Å². The fourth-order valence-electron chi connectivity index (χ4n) is 3.35. The average Bonchev–Trinajstić information content (AvgIpc) is 3.37. The average molecular weight is 321 g/mol. The van der Waals surface area contributed by atoms with Crippen LogP contribution in [-0.2, 0) is 6.54 Å². The van der Waals surface area contributed by atoms with Crippen molar-refractivity contribution in [2.45, 2.75) is 25.4 Å². The number of carbonyl (C=O) groups is 1. The molecule has 0 aliphatic carbocycles. The van der Waals surface area contributed by atoms with E-state index in [1.54, 1.807) is 12.4 Å². The van der Waals surface area contributed by atoms with E-state index in [1.807, 2.05) is 52.2 Å². The highest BCUT2D eigenvalue weighted by molar-refractivity contribution is 6.00. The maximum atomic E-state index is 13.1. The van der Waals surface area contributed by atoms with Crippen LogP contribution in [0.25, 0.3) is 11.3 Å². The molecule has 3 aromatic rings. The first-order valence-corrected chi connectivity index (χ1v) is 8.20. The number of amides is 1. The van der Waals surface area contributed by atoms with E-state index >= 15 is 0 Å². The van der Waals surface area contributed by atoms with Gasteiger partial charge in [-0.1, -0.05) is 30.3 Å². The minimum Gasteiger partial charge on any atom is -0.334 e. The maximum absolute atomic E-state index is 13.1. The van der Waals surface area contributed by atoms with Gasteiger partial charge in [0.25, 0.3) is 5.91 Å². The van der Waals surface area contributed by atoms with Crippen LogP contribution in [0, 0.1) is 0 Å². The molecule has 0 radical (unpaired) electrons. The topological polar surface area (TPSA) is 66.8 Å². The van der Waals surface area contributed by atoms with Gasteiger partial charge in [0.2, 0.25) is 0 Å². The first-order chi connectivity index (χ1) is 11.8. The Balaban J connectivity index is 1.59. The van der Waals surface area contributed by atoms with Gasteiger partial charge in [0, 0.05) is 24.5 Å². The van der Waals surface area contributed by atoms with Crippen molar-refractivity contribution >= 4 is 5.91 Å². The molecule has 1 fully saturated rings. The SMILES string of the molecule is O=C(c1cn[nH]c1-c1ccccc1)N1CCC[C@H]1Cn1cccn1. The van der Waals surface area contributed by atoms with Crippen LogP contribution in [0.3, 0.4) is 0 Å². The Morgan fingerprint density at radius 2 is 2.12 bits per heavy atom. The molecule has 2 aromatic heterocycles. The van der Waals surface area contributed by atoms with Gasteiger partial charge >= 0.3 is 0 Å². The monoisotopic (exact) mass is 321 g/mol. The number of carbonyl (C=O) groups excluding carboxylic acids is 1. The minimum absolute atomic E-state index is 0.0391. The highest BCUT2D eigenvalue weighted by atomic mass is 16.2. The van der Waals surface area contributed by atoms with Gasteiger partial charge in [0.1, 0.15) is 0 Å². The molecule has 4 rings (SSSR count). The molecule has 1 aromatic carbocycles. The highest BCUT2D eigenvalue weighted by Gasteiger charge is 2.31. The van der Waals surface area contributed by atoms with Gasteiger partial charge in [0.05, 0.1) is 30.0 Å². The summed E-state index contributed by atoms with van der Waals surface area (Å²) in [7, 11) is 0. The third-order valence-electron chi connectivity index (χ3n) is 4.53. The van der Waals surface area contributed by atoms with Gasteiger partial charge in [-0.25, -0.2) is 0 Å². The van der Waals surface area contributed by atoms with E-state index in [0.29, 0.717) is 5.56 Å².